The van der Waals surface area contributed by atoms with E-state index in [0.717, 1.165) is 63.7 Å². The zero-order valence-electron chi connectivity index (χ0n) is 16.0. The minimum Gasteiger partial charge on any atom is -0.439 e. The fourth-order valence-corrected chi connectivity index (χ4v) is 6.87. The SMILES string of the molecule is CN1CCc2sc([S-](=O)=NC(=O)Nc3c4c(cc5c3CCC5)CCC4)cc2C1. The summed E-state index contributed by atoms with van der Waals surface area (Å²) in [6.45, 7) is 1.89. The third-order valence-electron chi connectivity index (χ3n) is 6.08. The fraction of sp³-hybridized carbons (Fsp3) is 0.476. The number of urea groups is 1. The number of hydrogen-bond donors (Lipinski definition) is 1. The Labute approximate surface area is 171 Å². The Morgan fingerprint density at radius 2 is 1.79 bits per heavy atom. The molecule has 0 unspecified atom stereocenters. The normalized spacial score (nSPS) is 19.3. The van der Waals surface area contributed by atoms with Crippen LogP contribution < -0.4 is 5.32 Å². The molecule has 1 N–H and O–H groups in total. The molecule has 1 aromatic heterocycles. The quantitative estimate of drug-likeness (QED) is 0.739. The van der Waals surface area contributed by atoms with E-state index in [-0.39, 0.29) is 0 Å². The van der Waals surface area contributed by atoms with Crippen LogP contribution >= 0.6 is 11.3 Å². The zero-order valence-corrected chi connectivity index (χ0v) is 17.7. The molecular weight excluding hydrogens is 390 g/mol. The molecular formula is C21H24N3O2S2-. The van der Waals surface area contributed by atoms with Crippen LogP contribution in [0.25, 0.3) is 0 Å². The van der Waals surface area contributed by atoms with Gasteiger partial charge in [-0.15, -0.1) is 10.6 Å². The van der Waals surface area contributed by atoms with Crippen molar-refractivity contribution in [3.05, 3.63) is 44.8 Å². The second-order valence-corrected chi connectivity index (χ2v) is 10.5. The first-order valence-corrected chi connectivity index (χ1v) is 11.9. The second-order valence-electron chi connectivity index (χ2n) is 8.01. The molecule has 0 bridgehead atoms. The molecule has 1 aromatic carbocycles. The van der Waals surface area contributed by atoms with E-state index in [1.807, 2.05) is 6.07 Å². The Hall–Kier alpha value is -1.70. The van der Waals surface area contributed by atoms with Gasteiger partial charge in [-0.2, -0.15) is 11.3 Å². The molecule has 0 saturated carbocycles. The van der Waals surface area contributed by atoms with E-state index in [0.29, 0.717) is 4.21 Å². The van der Waals surface area contributed by atoms with E-state index in [4.69, 9.17) is 0 Å². The first-order valence-electron chi connectivity index (χ1n) is 10.00. The van der Waals surface area contributed by atoms with Gasteiger partial charge in [0.25, 0.3) is 0 Å². The smallest absolute Gasteiger partial charge is 0.322 e. The van der Waals surface area contributed by atoms with E-state index in [9.17, 15) is 9.00 Å². The number of rotatable bonds is 2. The highest BCUT2D eigenvalue weighted by Gasteiger charge is 2.24. The predicted octanol–water partition coefficient (Wildman–Crippen LogP) is 4.45. The maximum Gasteiger partial charge on any atom is 0.322 e. The van der Waals surface area contributed by atoms with Crippen molar-refractivity contribution in [3.63, 3.8) is 0 Å². The van der Waals surface area contributed by atoms with Crippen LogP contribution in [0.2, 0.25) is 0 Å². The van der Waals surface area contributed by atoms with E-state index in [1.54, 1.807) is 0 Å². The van der Waals surface area contributed by atoms with Gasteiger partial charge in [-0.3, -0.25) is 0 Å². The highest BCUT2D eigenvalue weighted by atomic mass is 32.2. The van der Waals surface area contributed by atoms with Crippen LogP contribution in [0, 0.1) is 0 Å². The summed E-state index contributed by atoms with van der Waals surface area (Å²) < 4.78 is 17.3. The fourth-order valence-electron chi connectivity index (χ4n) is 4.75. The summed E-state index contributed by atoms with van der Waals surface area (Å²) in [6, 6.07) is 3.81. The lowest BCUT2D eigenvalue weighted by Gasteiger charge is -2.21. The topological polar surface area (TPSA) is 61.8 Å². The van der Waals surface area contributed by atoms with Gasteiger partial charge in [-0.1, -0.05) is 12.1 Å². The van der Waals surface area contributed by atoms with Gasteiger partial charge in [0, 0.05) is 23.7 Å². The third-order valence-corrected chi connectivity index (χ3v) is 8.58. The number of aryl methyl sites for hydroxylation is 2. The number of carbonyl (C=O) groups is 1. The highest BCUT2D eigenvalue weighted by molar-refractivity contribution is 7.78. The van der Waals surface area contributed by atoms with E-state index in [2.05, 4.69) is 27.7 Å². The maximum absolute atomic E-state index is 12.7. The van der Waals surface area contributed by atoms with E-state index in [1.165, 1.54) is 44.0 Å². The van der Waals surface area contributed by atoms with Crippen LogP contribution in [0.15, 0.2) is 20.7 Å². The summed E-state index contributed by atoms with van der Waals surface area (Å²) >= 11 is 1.53. The predicted molar refractivity (Wildman–Crippen MR) is 113 cm³/mol. The van der Waals surface area contributed by atoms with Crippen LogP contribution in [-0.2, 0) is 53.5 Å². The first-order chi connectivity index (χ1) is 13.6. The number of nitrogens with one attached hydrogen (secondary N) is 1. The van der Waals surface area contributed by atoms with E-state index < -0.39 is 16.6 Å². The van der Waals surface area contributed by atoms with Crippen molar-refractivity contribution in [3.8, 4) is 0 Å². The van der Waals surface area contributed by atoms with Gasteiger partial charge in [0.05, 0.1) is 0 Å². The number of nitrogens with zero attached hydrogens (tertiary/aromatic N) is 2. The molecule has 2 amide bonds. The molecule has 0 radical (unpaired) electrons. The zero-order chi connectivity index (χ0) is 19.3. The summed E-state index contributed by atoms with van der Waals surface area (Å²) in [7, 11) is 0.442. The van der Waals surface area contributed by atoms with Gasteiger partial charge in [0.15, 0.2) is 0 Å². The van der Waals surface area contributed by atoms with Gasteiger partial charge < -0.3 is 18.8 Å². The minimum absolute atomic E-state index is 0.490. The summed E-state index contributed by atoms with van der Waals surface area (Å²) in [5.41, 5.74) is 7.45. The number of likely N-dealkylation sites (N-methyl/N-ethyl adjacent to an activating group) is 1. The summed E-state index contributed by atoms with van der Waals surface area (Å²) in [5, 5.41) is 3.01. The van der Waals surface area contributed by atoms with Crippen LogP contribution in [0.5, 0.6) is 0 Å². The minimum atomic E-state index is -1.65. The summed E-state index contributed by atoms with van der Waals surface area (Å²) in [6.07, 6.45) is 7.44. The van der Waals surface area contributed by atoms with Crippen molar-refractivity contribution in [1.82, 2.24) is 4.90 Å². The average Bonchev–Trinajstić information content (AvgIpc) is 3.39. The molecule has 2 aliphatic carbocycles. The lowest BCUT2D eigenvalue weighted by atomic mass is 9.99. The standard InChI is InChI=1S/C21H24N3O2S2/c1-24-9-8-18-15(12-24)11-19(27-18)28(26)23-21(25)22-20-16-6-2-4-13(16)10-14-5-3-7-17(14)20/h10-11H,2-9,12H2,1H3,(H,22,25)/q-1. The van der Waals surface area contributed by atoms with Gasteiger partial charge in [-0.05, 0) is 84.0 Å². The number of hydrogen-bond acceptors (Lipinski definition) is 5. The molecule has 28 heavy (non-hydrogen) atoms. The molecule has 3 aliphatic rings. The third kappa shape index (κ3) is 3.29. The number of amides is 2. The van der Waals surface area contributed by atoms with Crippen LogP contribution in [0.4, 0.5) is 10.5 Å². The number of carbonyl (C=O) groups excluding carboxylic acids is 1. The average molecular weight is 415 g/mol. The molecule has 0 atom stereocenters. The van der Waals surface area contributed by atoms with E-state index >= 15 is 0 Å². The lowest BCUT2D eigenvalue weighted by molar-refractivity contribution is 0.260. The first kappa shape index (κ1) is 18.3. The monoisotopic (exact) mass is 414 g/mol. The lowest BCUT2D eigenvalue weighted by Crippen LogP contribution is -2.25. The Bertz CT molecular complexity index is 1020. The van der Waals surface area contributed by atoms with Crippen molar-refractivity contribution in [2.75, 3.05) is 18.9 Å². The molecule has 0 spiro atoms. The molecule has 5 nitrogen and oxygen atoms in total. The van der Waals surface area contributed by atoms with Crippen molar-refractivity contribution in [1.29, 1.82) is 0 Å². The molecule has 7 heteroatoms. The molecule has 148 valence electrons. The Balaban J connectivity index is 1.41. The molecule has 2 heterocycles. The number of fused-ring (bicyclic) bond motifs is 3. The van der Waals surface area contributed by atoms with Crippen LogP contribution in [0.3, 0.4) is 0 Å². The Morgan fingerprint density at radius 3 is 2.50 bits per heavy atom. The van der Waals surface area contributed by atoms with Gasteiger partial charge in [0.2, 0.25) is 0 Å². The van der Waals surface area contributed by atoms with Crippen molar-refractivity contribution >= 4 is 33.7 Å². The number of anilines is 1. The largest absolute Gasteiger partial charge is 0.439 e. The maximum atomic E-state index is 12.7. The van der Waals surface area contributed by atoms with Gasteiger partial charge >= 0.3 is 6.03 Å². The number of benzene rings is 1. The van der Waals surface area contributed by atoms with Gasteiger partial charge in [-0.25, -0.2) is 4.79 Å². The second kappa shape index (κ2) is 7.28. The molecule has 1 aliphatic heterocycles. The van der Waals surface area contributed by atoms with Crippen LogP contribution in [-0.4, -0.2) is 24.5 Å². The van der Waals surface area contributed by atoms with Crippen LogP contribution in [0.1, 0.15) is 45.5 Å². The summed E-state index contributed by atoms with van der Waals surface area (Å²) in [5.74, 6) is 0. The highest BCUT2D eigenvalue weighted by Crippen LogP contribution is 2.38. The van der Waals surface area contributed by atoms with Crippen molar-refractivity contribution in [2.45, 2.75) is 55.7 Å². The Morgan fingerprint density at radius 1 is 1.07 bits per heavy atom. The molecule has 0 saturated heterocycles. The number of thiophene rings is 1. The van der Waals surface area contributed by atoms with Gasteiger partial charge in [0.1, 0.15) is 0 Å². The van der Waals surface area contributed by atoms with Crippen molar-refractivity contribution in [2.24, 2.45) is 4.36 Å². The Kier molecular flexibility index (Phi) is 4.77. The van der Waals surface area contributed by atoms with Crippen molar-refractivity contribution < 1.29 is 9.00 Å². The molecule has 0 fully saturated rings. The molecule has 2 aromatic rings. The molecule has 5 rings (SSSR count). The summed E-state index contributed by atoms with van der Waals surface area (Å²) in [4.78, 5) is 16.1.